The molecule has 0 spiro atoms. The van der Waals surface area contributed by atoms with E-state index in [1.807, 2.05) is 0 Å². The molecule has 1 heterocycles. The van der Waals surface area contributed by atoms with E-state index in [0.29, 0.717) is 29.2 Å². The van der Waals surface area contributed by atoms with Crippen LogP contribution in [-0.2, 0) is 21.2 Å². The van der Waals surface area contributed by atoms with E-state index in [4.69, 9.17) is 33.1 Å². The molecule has 29 heavy (non-hydrogen) atoms. The first-order valence-corrected chi connectivity index (χ1v) is 11.5. The van der Waals surface area contributed by atoms with Crippen molar-refractivity contribution < 1.29 is 23.1 Å². The van der Waals surface area contributed by atoms with E-state index in [2.05, 4.69) is 10.3 Å². The molecule has 2 aromatic rings. The Morgan fingerprint density at radius 3 is 2.55 bits per heavy atom. The Balaban J connectivity index is 2.50. The molecular formula is C17H21Cl2N3O5S2. The van der Waals surface area contributed by atoms with Crippen molar-refractivity contribution in [3.05, 3.63) is 32.9 Å². The maximum Gasteiger partial charge on any atom is 0.280 e. The third kappa shape index (κ3) is 6.11. The Morgan fingerprint density at radius 2 is 2.00 bits per heavy atom. The molecule has 4 N–H and O–H groups in total. The maximum atomic E-state index is 12.4. The van der Waals surface area contributed by atoms with E-state index >= 15 is 0 Å². The second-order valence-electron chi connectivity index (χ2n) is 6.82. The van der Waals surface area contributed by atoms with E-state index in [1.165, 1.54) is 19.2 Å². The summed E-state index contributed by atoms with van der Waals surface area (Å²) in [5.41, 5.74) is -0.101. The molecule has 1 aromatic heterocycles. The lowest BCUT2D eigenvalue weighted by atomic mass is 10.1. The molecule has 0 aliphatic carbocycles. The molecule has 0 aliphatic heterocycles. The van der Waals surface area contributed by atoms with Gasteiger partial charge < -0.3 is 15.2 Å². The molecule has 0 bridgehead atoms. The van der Waals surface area contributed by atoms with Gasteiger partial charge in [0.1, 0.15) is 4.90 Å². The predicted molar refractivity (Wildman–Crippen MR) is 113 cm³/mol. The molecule has 0 saturated heterocycles. The normalized spacial score (nSPS) is 12.2. The van der Waals surface area contributed by atoms with Crippen LogP contribution in [0.3, 0.4) is 0 Å². The second-order valence-corrected chi connectivity index (χ2v) is 10.1. The van der Waals surface area contributed by atoms with Crippen molar-refractivity contribution in [3.63, 3.8) is 0 Å². The van der Waals surface area contributed by atoms with Crippen molar-refractivity contribution in [2.75, 3.05) is 20.3 Å². The summed E-state index contributed by atoms with van der Waals surface area (Å²) < 4.78 is 28.4. The van der Waals surface area contributed by atoms with Crippen molar-refractivity contribution in [2.45, 2.75) is 30.8 Å². The van der Waals surface area contributed by atoms with E-state index in [0.717, 1.165) is 11.3 Å². The fourth-order valence-corrected chi connectivity index (χ4v) is 4.85. The Hall–Kier alpha value is -1.27. The lowest BCUT2D eigenvalue weighted by molar-refractivity contribution is 0.0694. The number of carbonyl (C=O) groups excluding carboxylic acids is 1. The average Bonchev–Trinajstić information content (AvgIpc) is 3.02. The quantitative estimate of drug-likeness (QED) is 0.530. The summed E-state index contributed by atoms with van der Waals surface area (Å²) in [6.45, 7) is 3.53. The molecule has 0 fully saturated rings. The van der Waals surface area contributed by atoms with Crippen molar-refractivity contribution in [2.24, 2.45) is 5.14 Å². The summed E-state index contributed by atoms with van der Waals surface area (Å²) in [6, 6.07) is 2.73. The minimum absolute atomic E-state index is 0.0102. The molecule has 1 aromatic carbocycles. The highest BCUT2D eigenvalue weighted by atomic mass is 35.5. The fraction of sp³-hybridized carbons (Fsp3) is 0.412. The number of nitrogens with one attached hydrogen (secondary N) is 1. The van der Waals surface area contributed by atoms with Gasteiger partial charge in [-0.1, -0.05) is 29.3 Å². The van der Waals surface area contributed by atoms with E-state index in [-0.39, 0.29) is 26.5 Å². The van der Waals surface area contributed by atoms with Crippen LogP contribution in [-0.4, -0.2) is 50.3 Å². The highest BCUT2D eigenvalue weighted by Gasteiger charge is 2.24. The monoisotopic (exact) mass is 481 g/mol. The molecule has 0 atom stereocenters. The third-order valence-corrected chi connectivity index (χ3v) is 6.79. The zero-order valence-corrected chi connectivity index (χ0v) is 19.1. The minimum Gasteiger partial charge on any atom is -0.389 e. The number of rotatable bonds is 8. The van der Waals surface area contributed by atoms with Gasteiger partial charge >= 0.3 is 0 Å². The number of amides is 1. The van der Waals surface area contributed by atoms with Crippen LogP contribution in [0.2, 0.25) is 10.0 Å². The highest BCUT2D eigenvalue weighted by molar-refractivity contribution is 7.89. The number of primary sulfonamides is 1. The number of nitrogens with two attached hydrogens (primary N) is 1. The van der Waals surface area contributed by atoms with Crippen molar-refractivity contribution in [1.82, 2.24) is 10.3 Å². The number of ether oxygens (including phenoxy) is 1. The van der Waals surface area contributed by atoms with Gasteiger partial charge in [0.2, 0.25) is 10.0 Å². The van der Waals surface area contributed by atoms with Crippen LogP contribution in [0.1, 0.15) is 29.3 Å². The number of methoxy groups -OCH3 is 1. The molecule has 1 amide bonds. The van der Waals surface area contributed by atoms with Crippen LogP contribution in [0, 0.1) is 0 Å². The van der Waals surface area contributed by atoms with Gasteiger partial charge in [0.25, 0.3) is 5.91 Å². The van der Waals surface area contributed by atoms with Crippen LogP contribution < -0.4 is 10.5 Å². The van der Waals surface area contributed by atoms with Gasteiger partial charge in [-0.2, -0.15) is 0 Å². The van der Waals surface area contributed by atoms with E-state index in [9.17, 15) is 18.3 Å². The minimum atomic E-state index is -4.05. The van der Waals surface area contributed by atoms with Crippen LogP contribution in [0.5, 0.6) is 0 Å². The number of benzene rings is 1. The molecule has 12 heteroatoms. The van der Waals surface area contributed by atoms with Crippen molar-refractivity contribution in [1.29, 1.82) is 0 Å². The van der Waals surface area contributed by atoms with Gasteiger partial charge in [-0.25, -0.2) is 18.5 Å². The number of aromatic nitrogens is 1. The second kappa shape index (κ2) is 9.25. The number of sulfonamides is 1. The number of aliphatic hydroxyl groups is 1. The van der Waals surface area contributed by atoms with Gasteiger partial charge in [-0.05, 0) is 19.9 Å². The first-order chi connectivity index (χ1) is 13.3. The Labute approximate surface area is 183 Å². The summed E-state index contributed by atoms with van der Waals surface area (Å²) >= 11 is 13.5. The van der Waals surface area contributed by atoms with Gasteiger partial charge in [0.05, 0.1) is 32.8 Å². The molecule has 0 radical (unpaired) electrons. The zero-order chi connectivity index (χ0) is 22.0. The van der Waals surface area contributed by atoms with Crippen LogP contribution in [0.15, 0.2) is 17.0 Å². The standard InChI is InChI=1S/C17H21Cl2N3O5S2/c1-17(2,24)8-21-15(23)16-22-10(6-7-27-3)14(28-16)9-4-5-11(29(20,25)26)13(19)12(9)18/h4-5,24H,6-8H2,1-3H3,(H,21,23)(H2,20,25,26). The molecule has 160 valence electrons. The molecule has 0 unspecified atom stereocenters. The summed E-state index contributed by atoms with van der Waals surface area (Å²) in [5.74, 6) is -0.453. The van der Waals surface area contributed by atoms with Crippen molar-refractivity contribution in [3.8, 4) is 10.4 Å². The molecule has 2 rings (SSSR count). The number of thiazole rings is 1. The van der Waals surface area contributed by atoms with Gasteiger partial charge in [-0.3, -0.25) is 4.79 Å². The number of nitrogens with zero attached hydrogens (tertiary/aromatic N) is 1. The van der Waals surface area contributed by atoms with Gasteiger partial charge in [0, 0.05) is 25.6 Å². The average molecular weight is 482 g/mol. The fourth-order valence-electron chi connectivity index (χ4n) is 2.33. The summed E-state index contributed by atoms with van der Waals surface area (Å²) in [7, 11) is -2.51. The lowest BCUT2D eigenvalue weighted by Crippen LogP contribution is -2.38. The summed E-state index contributed by atoms with van der Waals surface area (Å²) in [6.07, 6.45) is 0.395. The SMILES string of the molecule is COCCc1nc(C(=O)NCC(C)(C)O)sc1-c1ccc(S(N)(=O)=O)c(Cl)c1Cl. The predicted octanol–water partition coefficient (Wildman–Crippen LogP) is 2.45. The Kier molecular flexibility index (Phi) is 7.66. The smallest absolute Gasteiger partial charge is 0.280 e. The largest absolute Gasteiger partial charge is 0.389 e. The molecule has 0 aliphatic rings. The van der Waals surface area contributed by atoms with Gasteiger partial charge in [-0.15, -0.1) is 11.3 Å². The topological polar surface area (TPSA) is 132 Å². The van der Waals surface area contributed by atoms with E-state index in [1.54, 1.807) is 13.8 Å². The lowest BCUT2D eigenvalue weighted by Gasteiger charge is -2.16. The van der Waals surface area contributed by atoms with Crippen LogP contribution >= 0.6 is 34.5 Å². The number of halogens is 2. The van der Waals surface area contributed by atoms with Crippen LogP contribution in [0.25, 0.3) is 10.4 Å². The van der Waals surface area contributed by atoms with E-state index < -0.39 is 21.5 Å². The first-order valence-electron chi connectivity index (χ1n) is 8.35. The molecular weight excluding hydrogens is 461 g/mol. The first kappa shape index (κ1) is 24.0. The molecule has 0 saturated carbocycles. The third-order valence-electron chi connectivity index (χ3n) is 3.71. The number of hydrogen-bond acceptors (Lipinski definition) is 7. The number of hydrogen-bond donors (Lipinski definition) is 3. The van der Waals surface area contributed by atoms with Crippen LogP contribution in [0.4, 0.5) is 0 Å². The summed E-state index contributed by atoms with van der Waals surface area (Å²) in [4.78, 5) is 17.1. The summed E-state index contributed by atoms with van der Waals surface area (Å²) in [5, 5.41) is 17.5. The Bertz CT molecular complexity index is 1020. The maximum absolute atomic E-state index is 12.4. The molecule has 8 nitrogen and oxygen atoms in total. The number of carbonyl (C=O) groups is 1. The zero-order valence-electron chi connectivity index (χ0n) is 16.0. The van der Waals surface area contributed by atoms with Gasteiger partial charge in [0.15, 0.2) is 5.01 Å². The highest BCUT2D eigenvalue weighted by Crippen LogP contribution is 2.41. The van der Waals surface area contributed by atoms with Crippen molar-refractivity contribution >= 4 is 50.5 Å². The Morgan fingerprint density at radius 1 is 1.34 bits per heavy atom.